The van der Waals surface area contributed by atoms with Gasteiger partial charge in [0, 0.05) is 10.0 Å². The molecule has 0 saturated heterocycles. The van der Waals surface area contributed by atoms with Crippen molar-refractivity contribution in [3.05, 3.63) is 58.6 Å². The van der Waals surface area contributed by atoms with Crippen molar-refractivity contribution in [2.45, 2.75) is 6.92 Å². The highest BCUT2D eigenvalue weighted by atomic mass is 79.9. The zero-order valence-electron chi connectivity index (χ0n) is 13.0. The Morgan fingerprint density at radius 2 is 1.87 bits per heavy atom. The lowest BCUT2D eigenvalue weighted by atomic mass is 10.1. The fourth-order valence-electron chi connectivity index (χ4n) is 1.97. The van der Waals surface area contributed by atoms with Gasteiger partial charge in [-0.1, -0.05) is 46.3 Å². The Morgan fingerprint density at radius 1 is 1.17 bits per heavy atom. The molecule has 1 amide bonds. The SMILES string of the molecule is COc1ccccc1NCC(=O)N/N=C(/C)c1ccccc1Br. The van der Waals surface area contributed by atoms with E-state index in [1.807, 2.05) is 55.5 Å². The number of hydrogen-bond donors (Lipinski definition) is 2. The van der Waals surface area contributed by atoms with Crippen LogP contribution in [-0.2, 0) is 4.79 Å². The molecule has 120 valence electrons. The number of halogens is 1. The maximum absolute atomic E-state index is 11.9. The summed E-state index contributed by atoms with van der Waals surface area (Å²) in [7, 11) is 1.59. The van der Waals surface area contributed by atoms with E-state index in [-0.39, 0.29) is 12.5 Å². The van der Waals surface area contributed by atoms with E-state index in [1.165, 1.54) is 0 Å². The van der Waals surface area contributed by atoms with E-state index in [1.54, 1.807) is 7.11 Å². The number of rotatable bonds is 6. The standard InChI is InChI=1S/C17H18BrN3O2/c1-12(13-7-3-4-8-14(13)18)20-21-17(22)11-19-15-9-5-6-10-16(15)23-2/h3-10,19H,11H2,1-2H3,(H,21,22)/b20-12-. The number of amides is 1. The van der Waals surface area contributed by atoms with Gasteiger partial charge < -0.3 is 10.1 Å². The minimum atomic E-state index is -0.234. The van der Waals surface area contributed by atoms with Gasteiger partial charge in [-0.3, -0.25) is 4.79 Å². The summed E-state index contributed by atoms with van der Waals surface area (Å²) >= 11 is 3.46. The molecule has 0 aliphatic carbocycles. The molecule has 0 radical (unpaired) electrons. The molecular weight excluding hydrogens is 358 g/mol. The molecule has 5 nitrogen and oxygen atoms in total. The number of carbonyl (C=O) groups is 1. The lowest BCUT2D eigenvalue weighted by molar-refractivity contribution is -0.119. The molecule has 0 bridgehead atoms. The molecule has 0 spiro atoms. The van der Waals surface area contributed by atoms with E-state index in [0.717, 1.165) is 21.4 Å². The van der Waals surface area contributed by atoms with Gasteiger partial charge in [-0.05, 0) is 25.1 Å². The number of nitrogens with zero attached hydrogens (tertiary/aromatic N) is 1. The van der Waals surface area contributed by atoms with Crippen molar-refractivity contribution >= 4 is 33.2 Å². The van der Waals surface area contributed by atoms with Gasteiger partial charge in [0.15, 0.2) is 0 Å². The molecule has 0 aliphatic rings. The predicted octanol–water partition coefficient (Wildman–Crippen LogP) is 3.41. The molecule has 0 unspecified atom stereocenters. The predicted molar refractivity (Wildman–Crippen MR) is 96.0 cm³/mol. The summed E-state index contributed by atoms with van der Waals surface area (Å²) in [5.41, 5.74) is 4.96. The van der Waals surface area contributed by atoms with Gasteiger partial charge in [0.1, 0.15) is 5.75 Å². The normalized spacial score (nSPS) is 11.0. The van der Waals surface area contributed by atoms with Crippen LogP contribution in [0.1, 0.15) is 12.5 Å². The number of methoxy groups -OCH3 is 1. The van der Waals surface area contributed by atoms with Gasteiger partial charge in [0.25, 0.3) is 5.91 Å². The summed E-state index contributed by atoms with van der Waals surface area (Å²) in [5, 5.41) is 7.15. The summed E-state index contributed by atoms with van der Waals surface area (Å²) in [4.78, 5) is 11.9. The Balaban J connectivity index is 1.92. The second-order valence-electron chi connectivity index (χ2n) is 4.77. The Bertz CT molecular complexity index is 716. The van der Waals surface area contributed by atoms with Crippen LogP contribution in [0.2, 0.25) is 0 Å². The van der Waals surface area contributed by atoms with Crippen molar-refractivity contribution in [2.75, 3.05) is 19.0 Å². The van der Waals surface area contributed by atoms with Gasteiger partial charge in [-0.25, -0.2) is 5.43 Å². The topological polar surface area (TPSA) is 62.7 Å². The van der Waals surface area contributed by atoms with E-state index in [2.05, 4.69) is 31.8 Å². The van der Waals surface area contributed by atoms with Gasteiger partial charge >= 0.3 is 0 Å². The molecule has 2 rings (SSSR count). The van der Waals surface area contributed by atoms with E-state index in [0.29, 0.717) is 5.75 Å². The van der Waals surface area contributed by atoms with Crippen LogP contribution >= 0.6 is 15.9 Å². The summed E-state index contributed by atoms with van der Waals surface area (Å²) in [6.07, 6.45) is 0. The number of hydrogen-bond acceptors (Lipinski definition) is 4. The van der Waals surface area contributed by atoms with Crippen molar-refractivity contribution in [2.24, 2.45) is 5.10 Å². The van der Waals surface area contributed by atoms with Crippen LogP contribution in [-0.4, -0.2) is 25.3 Å². The van der Waals surface area contributed by atoms with Crippen LogP contribution in [0.5, 0.6) is 5.75 Å². The molecule has 0 atom stereocenters. The smallest absolute Gasteiger partial charge is 0.259 e. The monoisotopic (exact) mass is 375 g/mol. The highest BCUT2D eigenvalue weighted by Gasteiger charge is 2.06. The third-order valence-corrected chi connectivity index (χ3v) is 3.85. The zero-order valence-corrected chi connectivity index (χ0v) is 14.6. The lowest BCUT2D eigenvalue weighted by Crippen LogP contribution is -2.27. The minimum Gasteiger partial charge on any atom is -0.495 e. The van der Waals surface area contributed by atoms with Crippen molar-refractivity contribution in [3.63, 3.8) is 0 Å². The molecule has 0 saturated carbocycles. The Morgan fingerprint density at radius 3 is 2.61 bits per heavy atom. The number of para-hydroxylation sites is 2. The number of hydrazone groups is 1. The lowest BCUT2D eigenvalue weighted by Gasteiger charge is -2.10. The van der Waals surface area contributed by atoms with Crippen LogP contribution in [0.15, 0.2) is 58.1 Å². The molecule has 23 heavy (non-hydrogen) atoms. The average molecular weight is 376 g/mol. The first-order chi connectivity index (χ1) is 11.1. The summed E-state index contributed by atoms with van der Waals surface area (Å²) in [5.74, 6) is 0.454. The number of ether oxygens (including phenoxy) is 1. The highest BCUT2D eigenvalue weighted by molar-refractivity contribution is 9.10. The van der Waals surface area contributed by atoms with Crippen molar-refractivity contribution in [3.8, 4) is 5.75 Å². The molecule has 2 aromatic carbocycles. The first-order valence-corrected chi connectivity index (χ1v) is 7.86. The molecule has 6 heteroatoms. The van der Waals surface area contributed by atoms with Crippen LogP contribution in [0.25, 0.3) is 0 Å². The minimum absolute atomic E-state index is 0.104. The molecular formula is C17H18BrN3O2. The fraction of sp³-hybridized carbons (Fsp3) is 0.176. The maximum Gasteiger partial charge on any atom is 0.259 e. The second-order valence-corrected chi connectivity index (χ2v) is 5.62. The third kappa shape index (κ3) is 4.82. The fourth-order valence-corrected chi connectivity index (χ4v) is 2.54. The summed E-state index contributed by atoms with van der Waals surface area (Å²) < 4.78 is 6.15. The van der Waals surface area contributed by atoms with E-state index >= 15 is 0 Å². The first-order valence-electron chi connectivity index (χ1n) is 7.06. The largest absolute Gasteiger partial charge is 0.495 e. The van der Waals surface area contributed by atoms with Gasteiger partial charge in [-0.15, -0.1) is 0 Å². The van der Waals surface area contributed by atoms with Crippen LogP contribution in [0.3, 0.4) is 0 Å². The van der Waals surface area contributed by atoms with E-state index in [4.69, 9.17) is 4.74 Å². The number of benzene rings is 2. The third-order valence-electron chi connectivity index (χ3n) is 3.16. The van der Waals surface area contributed by atoms with Crippen LogP contribution in [0.4, 0.5) is 5.69 Å². The van der Waals surface area contributed by atoms with E-state index < -0.39 is 0 Å². The van der Waals surface area contributed by atoms with Gasteiger partial charge in [-0.2, -0.15) is 5.10 Å². The maximum atomic E-state index is 11.9. The molecule has 2 aromatic rings. The molecule has 0 fully saturated rings. The summed E-state index contributed by atoms with van der Waals surface area (Å²) in [6.45, 7) is 1.95. The molecule has 0 aromatic heterocycles. The Hall–Kier alpha value is -2.34. The van der Waals surface area contributed by atoms with Crippen molar-refractivity contribution in [1.82, 2.24) is 5.43 Å². The summed E-state index contributed by atoms with van der Waals surface area (Å²) in [6, 6.07) is 15.1. The number of anilines is 1. The first kappa shape index (κ1) is 17.0. The Labute approximate surface area is 143 Å². The average Bonchev–Trinajstić information content (AvgIpc) is 2.58. The van der Waals surface area contributed by atoms with Crippen LogP contribution in [0, 0.1) is 0 Å². The van der Waals surface area contributed by atoms with Crippen molar-refractivity contribution < 1.29 is 9.53 Å². The molecule has 0 heterocycles. The van der Waals surface area contributed by atoms with Gasteiger partial charge in [0.2, 0.25) is 0 Å². The van der Waals surface area contributed by atoms with Gasteiger partial charge in [0.05, 0.1) is 25.1 Å². The molecule has 2 N–H and O–H groups in total. The quantitative estimate of drug-likeness (QED) is 0.600. The number of nitrogens with one attached hydrogen (secondary N) is 2. The Kier molecular flexibility index (Phi) is 6.17. The zero-order chi connectivity index (χ0) is 16.7. The second kappa shape index (κ2) is 8.33. The number of carbonyl (C=O) groups excluding carboxylic acids is 1. The van der Waals surface area contributed by atoms with Crippen LogP contribution < -0.4 is 15.5 Å². The highest BCUT2D eigenvalue weighted by Crippen LogP contribution is 2.22. The van der Waals surface area contributed by atoms with Crippen molar-refractivity contribution in [1.29, 1.82) is 0 Å². The van der Waals surface area contributed by atoms with E-state index in [9.17, 15) is 4.79 Å². The molecule has 0 aliphatic heterocycles.